The van der Waals surface area contributed by atoms with Crippen LogP contribution in [0.5, 0.6) is 0 Å². The third-order valence-corrected chi connectivity index (χ3v) is 5.89. The highest BCUT2D eigenvalue weighted by Crippen LogP contribution is 2.45. The summed E-state index contributed by atoms with van der Waals surface area (Å²) in [5.41, 5.74) is 1.99. The molecular formula is C22H22FN3O2. The molecule has 2 aliphatic rings. The average molecular weight is 379 g/mol. The van der Waals surface area contributed by atoms with Crippen LogP contribution in [0, 0.1) is 17.1 Å². The molecule has 2 heterocycles. The zero-order valence-corrected chi connectivity index (χ0v) is 15.8. The Bertz CT molecular complexity index is 914. The highest BCUT2D eigenvalue weighted by atomic mass is 19.1. The number of likely N-dealkylation sites (tertiary alicyclic amines) is 1. The second-order valence-electron chi connectivity index (χ2n) is 7.46. The van der Waals surface area contributed by atoms with Crippen LogP contribution < -0.4 is 4.90 Å². The molecule has 2 fully saturated rings. The minimum atomic E-state index is -0.479. The summed E-state index contributed by atoms with van der Waals surface area (Å²) < 4.78 is 19.2. The van der Waals surface area contributed by atoms with E-state index in [2.05, 4.69) is 11.0 Å². The van der Waals surface area contributed by atoms with E-state index < -0.39 is 11.6 Å². The van der Waals surface area contributed by atoms with Crippen molar-refractivity contribution < 1.29 is 13.9 Å². The fraction of sp³-hybridized carbons (Fsp3) is 0.364. The Morgan fingerprint density at radius 3 is 2.54 bits per heavy atom. The number of hydrogen-bond donors (Lipinski definition) is 0. The first-order valence-corrected chi connectivity index (χ1v) is 9.41. The number of ether oxygens (including phenoxy) is 1. The lowest BCUT2D eigenvalue weighted by molar-refractivity contribution is -0.151. The maximum atomic E-state index is 13.7. The molecule has 0 radical (unpaired) electrons. The highest BCUT2D eigenvalue weighted by Gasteiger charge is 2.61. The number of halogens is 1. The first kappa shape index (κ1) is 18.6. The van der Waals surface area contributed by atoms with Crippen LogP contribution in [0.25, 0.3) is 0 Å². The zero-order valence-electron chi connectivity index (χ0n) is 15.8. The van der Waals surface area contributed by atoms with E-state index in [-0.39, 0.29) is 11.7 Å². The van der Waals surface area contributed by atoms with Crippen molar-refractivity contribution in [2.45, 2.75) is 31.0 Å². The van der Waals surface area contributed by atoms with Gasteiger partial charge in [0.15, 0.2) is 6.10 Å². The lowest BCUT2D eigenvalue weighted by Crippen LogP contribution is -2.77. The van der Waals surface area contributed by atoms with Crippen LogP contribution in [0.4, 0.5) is 10.1 Å². The van der Waals surface area contributed by atoms with E-state index in [9.17, 15) is 9.18 Å². The van der Waals surface area contributed by atoms with Crippen molar-refractivity contribution in [3.63, 3.8) is 0 Å². The monoisotopic (exact) mass is 379 g/mol. The van der Waals surface area contributed by atoms with Crippen molar-refractivity contribution in [1.82, 2.24) is 4.90 Å². The zero-order chi connectivity index (χ0) is 19.7. The molecule has 5 nitrogen and oxygen atoms in total. The Kier molecular flexibility index (Phi) is 4.88. The smallest absolute Gasteiger partial charge is 0.259 e. The van der Waals surface area contributed by atoms with Gasteiger partial charge in [0.05, 0.1) is 17.2 Å². The first-order chi connectivity index (χ1) is 13.6. The normalized spacial score (nSPS) is 21.4. The van der Waals surface area contributed by atoms with Crippen molar-refractivity contribution in [3.05, 3.63) is 65.5 Å². The van der Waals surface area contributed by atoms with Crippen LogP contribution in [0.1, 0.15) is 24.0 Å². The van der Waals surface area contributed by atoms with Crippen molar-refractivity contribution in [3.8, 4) is 6.07 Å². The Labute approximate surface area is 163 Å². The van der Waals surface area contributed by atoms with Crippen LogP contribution in [-0.4, -0.2) is 42.6 Å². The molecule has 2 saturated heterocycles. The summed E-state index contributed by atoms with van der Waals surface area (Å²) in [6.07, 6.45) is 1.06. The number of carbonyl (C=O) groups is 1. The Morgan fingerprint density at radius 1 is 1.21 bits per heavy atom. The number of amides is 1. The molecule has 0 aliphatic carbocycles. The molecule has 144 valence electrons. The molecule has 1 atom stereocenters. The second kappa shape index (κ2) is 7.34. The quantitative estimate of drug-likeness (QED) is 0.766. The van der Waals surface area contributed by atoms with Gasteiger partial charge < -0.3 is 9.64 Å². The van der Waals surface area contributed by atoms with Gasteiger partial charge in [-0.3, -0.25) is 9.69 Å². The predicted molar refractivity (Wildman–Crippen MR) is 103 cm³/mol. The van der Waals surface area contributed by atoms with Crippen molar-refractivity contribution in [1.29, 1.82) is 5.26 Å². The molecule has 0 bridgehead atoms. The lowest BCUT2D eigenvalue weighted by Gasteiger charge is -2.59. The van der Waals surface area contributed by atoms with Gasteiger partial charge >= 0.3 is 0 Å². The fourth-order valence-corrected chi connectivity index (χ4v) is 4.46. The summed E-state index contributed by atoms with van der Waals surface area (Å²) in [4.78, 5) is 16.7. The van der Waals surface area contributed by atoms with Gasteiger partial charge in [-0.25, -0.2) is 4.39 Å². The van der Waals surface area contributed by atoms with E-state index in [0.717, 1.165) is 38.0 Å². The second-order valence-corrected chi connectivity index (χ2v) is 7.46. The van der Waals surface area contributed by atoms with Gasteiger partial charge in [-0.15, -0.1) is 0 Å². The lowest BCUT2D eigenvalue weighted by atomic mass is 9.72. The van der Waals surface area contributed by atoms with Crippen molar-refractivity contribution in [2.75, 3.05) is 25.1 Å². The molecule has 4 rings (SSSR count). The number of nitrogens with zero attached hydrogens (tertiary/aromatic N) is 3. The molecule has 0 saturated carbocycles. The molecule has 1 unspecified atom stereocenters. The molecule has 28 heavy (non-hydrogen) atoms. The number of methoxy groups -OCH3 is 1. The minimum Gasteiger partial charge on any atom is -0.369 e. The molecule has 6 heteroatoms. The van der Waals surface area contributed by atoms with Gasteiger partial charge in [-0.1, -0.05) is 18.2 Å². The van der Waals surface area contributed by atoms with E-state index in [4.69, 9.17) is 10.00 Å². The van der Waals surface area contributed by atoms with Crippen LogP contribution >= 0.6 is 0 Å². The van der Waals surface area contributed by atoms with Crippen molar-refractivity contribution in [2.24, 2.45) is 0 Å². The molecule has 0 N–H and O–H groups in total. The number of β-lactam (4-membered cyclic amide) rings is 1. The third kappa shape index (κ3) is 3.07. The highest BCUT2D eigenvalue weighted by molar-refractivity contribution is 6.06. The van der Waals surface area contributed by atoms with Gasteiger partial charge in [0.25, 0.3) is 5.91 Å². The number of rotatable bonds is 4. The van der Waals surface area contributed by atoms with Gasteiger partial charge in [0, 0.05) is 32.4 Å². The SMILES string of the molecule is COC1C(=O)N(c2cccc(F)c2)C12CCN(Cc1ccc(C#N)cc1)CC2. The molecule has 1 amide bonds. The molecule has 1 spiro atoms. The maximum Gasteiger partial charge on any atom is 0.259 e. The van der Waals surface area contributed by atoms with Crippen LogP contribution in [0.15, 0.2) is 48.5 Å². The number of nitriles is 1. The summed E-state index contributed by atoms with van der Waals surface area (Å²) in [7, 11) is 1.57. The molecule has 0 aromatic heterocycles. The fourth-order valence-electron chi connectivity index (χ4n) is 4.46. The van der Waals surface area contributed by atoms with Gasteiger partial charge in [0.2, 0.25) is 0 Å². The largest absolute Gasteiger partial charge is 0.369 e. The summed E-state index contributed by atoms with van der Waals surface area (Å²) in [6, 6.07) is 16.0. The summed E-state index contributed by atoms with van der Waals surface area (Å²) in [6.45, 7) is 2.44. The topological polar surface area (TPSA) is 56.6 Å². The summed E-state index contributed by atoms with van der Waals surface area (Å²) in [5.74, 6) is -0.451. The summed E-state index contributed by atoms with van der Waals surface area (Å²) in [5, 5.41) is 8.92. The Balaban J connectivity index is 1.48. The van der Waals surface area contributed by atoms with E-state index in [1.54, 1.807) is 24.1 Å². The third-order valence-electron chi connectivity index (χ3n) is 5.89. The van der Waals surface area contributed by atoms with E-state index in [0.29, 0.717) is 11.3 Å². The van der Waals surface area contributed by atoms with Crippen molar-refractivity contribution >= 4 is 11.6 Å². The van der Waals surface area contributed by atoms with Gasteiger partial charge in [-0.05, 0) is 48.7 Å². The van der Waals surface area contributed by atoms with E-state index in [1.807, 2.05) is 24.3 Å². The van der Waals surface area contributed by atoms with E-state index in [1.165, 1.54) is 12.1 Å². The maximum absolute atomic E-state index is 13.7. The first-order valence-electron chi connectivity index (χ1n) is 9.41. The van der Waals surface area contributed by atoms with Crippen LogP contribution in [0.2, 0.25) is 0 Å². The number of benzene rings is 2. The number of carbonyl (C=O) groups excluding carboxylic acids is 1. The van der Waals surface area contributed by atoms with Gasteiger partial charge in [-0.2, -0.15) is 5.26 Å². The average Bonchev–Trinajstić information content (AvgIpc) is 2.70. The van der Waals surface area contributed by atoms with Crippen LogP contribution in [0.3, 0.4) is 0 Å². The summed E-state index contributed by atoms with van der Waals surface area (Å²) >= 11 is 0. The molecule has 2 aliphatic heterocycles. The minimum absolute atomic E-state index is 0.103. The predicted octanol–water partition coefficient (Wildman–Crippen LogP) is 3.09. The Morgan fingerprint density at radius 2 is 1.93 bits per heavy atom. The number of anilines is 1. The molecular weight excluding hydrogens is 357 g/mol. The number of hydrogen-bond acceptors (Lipinski definition) is 4. The Hall–Kier alpha value is -2.75. The molecule has 2 aromatic carbocycles. The van der Waals surface area contributed by atoms with Gasteiger partial charge in [0.1, 0.15) is 5.82 Å². The number of piperidine rings is 1. The molecule has 2 aromatic rings. The standard InChI is InChI=1S/C22H22FN3O2/c1-28-20-21(27)26(19-4-2-3-18(23)13-19)22(20)9-11-25(12-10-22)15-17-7-5-16(14-24)6-8-17/h2-8,13,20H,9-12,15H2,1H3. The van der Waals surface area contributed by atoms with Crippen LogP contribution in [-0.2, 0) is 16.1 Å². The van der Waals surface area contributed by atoms with E-state index >= 15 is 0 Å².